The Morgan fingerprint density at radius 1 is 0.350 bits per heavy atom. The summed E-state index contributed by atoms with van der Waals surface area (Å²) >= 11 is 0. The zero-order chi connectivity index (χ0) is 99.0. The molecule has 0 unspecified atom stereocenters. The second-order valence-electron chi connectivity index (χ2n) is 35.3. The smallest absolute Gasteiger partial charge is 0.338 e. The standard InChI is InChI=1S/C30H30N4O2.2C27H23FN4O3.C27H24N4O3/c1-18-28(20(3)36-33-18)23-15-27-29(32-16-23)25(17-34(27)19(2)26-9-7-8-14-31-26)22-10-12-24(13-11-22)30(5,6)21(4)35;1-4-23(22-7-5-6-10-29-22)32-14-20(17-8-9-21(28)19(11-17)27(33)34)26-24(32)12-18(13-30-26)25-15(2)31-35-16(25)3;1-4-23(22-7-5-6-10-29-22)32-14-20(17-8-9-19(27(33)34)21(28)11-17)26-24(32)12-18(13-30-26)25-15(2)31-35-16(25)3;1-15-11-19(8-9-21(15)27(32)33)22-14-31(17(3)23-7-5-6-10-28-23)24-12-20(13-29-26(22)24)25-16(2)30-34-18(25)4/h7-17,19H,1-6H3;2*5-14,23H,4H2,1-3H3,(H,33,34);5-14,17H,1-4H3,(H,32,33)/t19-;2*23-;17-/m0000/s1. The highest BCUT2D eigenvalue weighted by Crippen LogP contribution is 2.45. The van der Waals surface area contributed by atoms with Gasteiger partial charge in [0, 0.05) is 147 Å². The van der Waals surface area contributed by atoms with E-state index in [1.54, 1.807) is 56.1 Å². The number of benzene rings is 4. The van der Waals surface area contributed by atoms with E-state index in [2.05, 4.69) is 123 Å². The van der Waals surface area contributed by atoms with E-state index >= 15 is 0 Å². The lowest BCUT2D eigenvalue weighted by atomic mass is 9.81. The molecular formula is C111H100F2N16O11. The van der Waals surface area contributed by atoms with E-state index in [0.29, 0.717) is 55.9 Å². The van der Waals surface area contributed by atoms with Crippen LogP contribution in [0.15, 0.2) is 268 Å². The number of carbonyl (C=O) groups is 4. The first-order valence-corrected chi connectivity index (χ1v) is 45.7. The van der Waals surface area contributed by atoms with Crippen molar-refractivity contribution in [3.63, 3.8) is 0 Å². The van der Waals surface area contributed by atoms with Crippen molar-refractivity contribution in [3.8, 4) is 89.0 Å². The molecule has 0 aliphatic carbocycles. The van der Waals surface area contributed by atoms with Crippen molar-refractivity contribution in [2.75, 3.05) is 0 Å². The maximum absolute atomic E-state index is 14.6. The van der Waals surface area contributed by atoms with Crippen molar-refractivity contribution in [3.05, 3.63) is 358 Å². The number of pyridine rings is 8. The Balaban J connectivity index is 0.000000129. The van der Waals surface area contributed by atoms with Crippen LogP contribution in [0, 0.1) is 73.9 Å². The first kappa shape index (κ1) is 94.8. The summed E-state index contributed by atoms with van der Waals surface area (Å²) in [6.07, 6.45) is 24.0. The van der Waals surface area contributed by atoms with Crippen LogP contribution in [0.4, 0.5) is 8.78 Å². The van der Waals surface area contributed by atoms with Crippen molar-refractivity contribution >= 4 is 67.8 Å². The molecule has 20 rings (SSSR count). The maximum atomic E-state index is 14.6. The Morgan fingerprint density at radius 2 is 0.664 bits per heavy atom. The maximum Gasteiger partial charge on any atom is 0.338 e. The van der Waals surface area contributed by atoms with Gasteiger partial charge in [0.1, 0.15) is 40.5 Å². The highest BCUT2D eigenvalue weighted by molar-refractivity contribution is 6.01. The molecule has 4 aromatic carbocycles. The molecule has 0 fully saturated rings. The normalized spacial score (nSPS) is 12.4. The second-order valence-corrected chi connectivity index (χ2v) is 35.3. The number of fused-ring (bicyclic) bond motifs is 4. The van der Waals surface area contributed by atoms with Gasteiger partial charge < -0.3 is 51.7 Å². The van der Waals surface area contributed by atoms with Gasteiger partial charge in [-0.25, -0.2) is 23.2 Å². The average molecular weight is 1870 g/mol. The fourth-order valence-electron chi connectivity index (χ4n) is 18.5. The minimum atomic E-state index is -1.32. The lowest BCUT2D eigenvalue weighted by Crippen LogP contribution is -2.26. The fourth-order valence-corrected chi connectivity index (χ4v) is 18.5. The van der Waals surface area contributed by atoms with Crippen LogP contribution in [0.2, 0.25) is 0 Å². The lowest BCUT2D eigenvalue weighted by molar-refractivity contribution is -0.121. The molecule has 0 saturated carbocycles. The summed E-state index contributed by atoms with van der Waals surface area (Å²) in [6.45, 7) is 31.0. The summed E-state index contributed by atoms with van der Waals surface area (Å²) in [5, 5.41) is 44.5. The summed E-state index contributed by atoms with van der Waals surface area (Å²) in [6, 6.07) is 53.4. The Labute approximate surface area is 804 Å². The van der Waals surface area contributed by atoms with Gasteiger partial charge in [0.15, 0.2) is 0 Å². The minimum Gasteiger partial charge on any atom is -0.478 e. The molecule has 0 bridgehead atoms. The zero-order valence-electron chi connectivity index (χ0n) is 79.9. The van der Waals surface area contributed by atoms with E-state index in [-0.39, 0.29) is 41.1 Å². The van der Waals surface area contributed by atoms with E-state index in [9.17, 15) is 43.3 Å². The van der Waals surface area contributed by atoms with Crippen LogP contribution < -0.4 is 0 Å². The molecule has 16 aromatic heterocycles. The third-order valence-electron chi connectivity index (χ3n) is 26.1. The van der Waals surface area contributed by atoms with Crippen molar-refractivity contribution < 1.29 is 61.4 Å². The fraction of sp³-hybridized carbons (Fsp3) is 0.207. The Hall–Kier alpha value is -17.0. The molecule has 0 aliphatic rings. The van der Waals surface area contributed by atoms with Crippen molar-refractivity contribution in [2.24, 2.45) is 0 Å². The van der Waals surface area contributed by atoms with Crippen LogP contribution in [-0.4, -0.2) is 118 Å². The van der Waals surface area contributed by atoms with Crippen molar-refractivity contribution in [1.29, 1.82) is 0 Å². The number of rotatable bonds is 23. The molecule has 0 radical (unpaired) electrons. The van der Waals surface area contributed by atoms with E-state index in [1.807, 2.05) is 216 Å². The summed E-state index contributed by atoms with van der Waals surface area (Å²) < 4.78 is 58.8. The molecule has 0 aliphatic heterocycles. The van der Waals surface area contributed by atoms with E-state index in [0.717, 1.165) is 175 Å². The molecule has 20 aromatic rings. The van der Waals surface area contributed by atoms with Crippen molar-refractivity contribution in [1.82, 2.24) is 78.8 Å². The van der Waals surface area contributed by atoms with Crippen LogP contribution in [0.3, 0.4) is 0 Å². The largest absolute Gasteiger partial charge is 0.478 e. The number of halogens is 2. The number of carboxylic acid groups (broad SMARTS) is 3. The average Bonchev–Trinajstić information content (AvgIpc) is 1.61. The number of hydrogen-bond acceptors (Lipinski definition) is 20. The first-order chi connectivity index (χ1) is 67.3. The first-order valence-electron chi connectivity index (χ1n) is 45.7. The lowest BCUT2D eigenvalue weighted by Gasteiger charge is -2.21. The zero-order valence-corrected chi connectivity index (χ0v) is 79.9. The highest BCUT2D eigenvalue weighted by atomic mass is 19.1. The molecule has 16 heterocycles. The minimum absolute atomic E-state index is 0.0000815. The van der Waals surface area contributed by atoms with Gasteiger partial charge in [-0.05, 0) is 246 Å². The van der Waals surface area contributed by atoms with Gasteiger partial charge in [-0.2, -0.15) is 0 Å². The van der Waals surface area contributed by atoms with E-state index in [4.69, 9.17) is 38.0 Å². The molecule has 0 spiro atoms. The molecule has 140 heavy (non-hydrogen) atoms. The van der Waals surface area contributed by atoms with Gasteiger partial charge >= 0.3 is 17.9 Å². The Bertz CT molecular complexity index is 8020. The number of aromatic nitrogens is 16. The molecule has 29 heteroatoms. The Morgan fingerprint density at radius 3 is 0.979 bits per heavy atom. The molecule has 4 atom stereocenters. The van der Waals surface area contributed by atoms with Gasteiger partial charge in [0.05, 0.1) is 131 Å². The number of aryl methyl sites for hydroxylation is 9. The Kier molecular flexibility index (Phi) is 26.7. The van der Waals surface area contributed by atoms with Gasteiger partial charge in [-0.15, -0.1) is 0 Å². The summed E-state index contributed by atoms with van der Waals surface area (Å²) in [7, 11) is 0. The molecule has 0 amide bonds. The van der Waals surface area contributed by atoms with Gasteiger partial charge in [0.25, 0.3) is 0 Å². The molecular weight excluding hydrogens is 1770 g/mol. The number of Topliss-reactive ketones (excluding diaryl/α,β-unsaturated/α-hetero) is 1. The number of carbonyl (C=O) groups excluding carboxylic acids is 1. The molecule has 0 saturated heterocycles. The molecule has 3 N–H and O–H groups in total. The number of ketones is 1. The predicted molar refractivity (Wildman–Crippen MR) is 531 cm³/mol. The second kappa shape index (κ2) is 39.4. The topological polar surface area (TPSA) is 356 Å². The quantitative estimate of drug-likeness (QED) is 0.0535. The number of hydrogen-bond donors (Lipinski definition) is 3. The van der Waals surface area contributed by atoms with E-state index < -0.39 is 35.0 Å². The van der Waals surface area contributed by atoms with Gasteiger partial charge in [0.2, 0.25) is 0 Å². The van der Waals surface area contributed by atoms with Crippen LogP contribution in [-0.2, 0) is 10.2 Å². The highest BCUT2D eigenvalue weighted by Gasteiger charge is 2.31. The SMILES string of the molecule is CC(=O)C(C)(C)c1ccc(-c2cn([C@@H](C)c3ccccn3)c3cc(-c4c(C)noc4C)cnc23)cc1.CC[C@@H](c1ccccn1)n1cc(-c2ccc(C(=O)O)c(F)c2)c2ncc(-c3c(C)noc3C)cc21.CC[C@@H](c1ccccn1)n1cc(-c2ccc(F)c(C(=O)O)c2)c2ncc(-c3c(C)noc3C)cc21.Cc1cc(-c2cn([C@@H](C)c3ccccn3)c3cc(-c4c(C)noc4C)cnc23)ccc1C(=O)O. The van der Waals surface area contributed by atoms with Crippen LogP contribution in [0.25, 0.3) is 133 Å². The predicted octanol–water partition coefficient (Wildman–Crippen LogP) is 25.2. The van der Waals surface area contributed by atoms with Crippen LogP contribution in [0.1, 0.15) is 196 Å². The molecule has 27 nitrogen and oxygen atoms in total. The third-order valence-corrected chi connectivity index (χ3v) is 26.1. The molecule has 704 valence electrons. The van der Waals surface area contributed by atoms with E-state index in [1.165, 1.54) is 24.3 Å². The number of aromatic carboxylic acids is 3. The summed E-state index contributed by atoms with van der Waals surface area (Å²) in [5.74, 6) is -2.07. The van der Waals surface area contributed by atoms with Crippen LogP contribution >= 0.6 is 0 Å². The van der Waals surface area contributed by atoms with Gasteiger partial charge in [-0.1, -0.05) is 107 Å². The van der Waals surface area contributed by atoms with Crippen molar-refractivity contribution in [2.45, 2.75) is 153 Å². The summed E-state index contributed by atoms with van der Waals surface area (Å²) in [4.78, 5) is 84.1. The number of nitrogens with zero attached hydrogens (tertiary/aromatic N) is 16. The third kappa shape index (κ3) is 18.4. The number of carboxylic acids is 3. The monoisotopic (exact) mass is 1870 g/mol. The van der Waals surface area contributed by atoms with Crippen LogP contribution in [0.5, 0.6) is 0 Å². The summed E-state index contributed by atoms with van der Waals surface area (Å²) in [5.41, 5.74) is 28.1. The van der Waals surface area contributed by atoms with Gasteiger partial charge in [-0.3, -0.25) is 44.7 Å².